The highest BCUT2D eigenvalue weighted by Gasteiger charge is 2.39. The highest BCUT2D eigenvalue weighted by molar-refractivity contribution is 9.10. The Morgan fingerprint density at radius 1 is 1.36 bits per heavy atom. The van der Waals surface area contributed by atoms with Gasteiger partial charge in [0.1, 0.15) is 5.92 Å². The lowest BCUT2D eigenvalue weighted by Crippen LogP contribution is -2.51. The molecule has 8 heteroatoms. The fraction of sp³-hybridized carbons (Fsp3) is 0.412. The lowest BCUT2D eigenvalue weighted by molar-refractivity contribution is -0.145. The number of benzene rings is 1. The number of urea groups is 1. The van der Waals surface area contributed by atoms with Crippen molar-refractivity contribution >= 4 is 27.9 Å². The molecule has 0 aromatic heterocycles. The van der Waals surface area contributed by atoms with E-state index in [0.717, 1.165) is 6.42 Å². The number of hydrogen-bond donors (Lipinski definition) is 2. The number of methoxy groups -OCH3 is 2. The van der Waals surface area contributed by atoms with Crippen LogP contribution in [0.1, 0.15) is 24.9 Å². The summed E-state index contributed by atoms with van der Waals surface area (Å²) >= 11 is 3.47. The zero-order valence-corrected chi connectivity index (χ0v) is 15.9. The van der Waals surface area contributed by atoms with E-state index in [1.165, 1.54) is 14.2 Å². The van der Waals surface area contributed by atoms with Crippen LogP contribution >= 0.6 is 15.9 Å². The van der Waals surface area contributed by atoms with Crippen molar-refractivity contribution in [2.45, 2.75) is 19.4 Å². The van der Waals surface area contributed by atoms with Crippen molar-refractivity contribution in [3.8, 4) is 11.5 Å². The molecule has 0 bridgehead atoms. The third-order valence-corrected chi connectivity index (χ3v) is 4.38. The molecule has 1 aromatic rings. The molecule has 2 N–H and O–H groups in total. The quantitative estimate of drug-likeness (QED) is 0.701. The second-order valence-electron chi connectivity index (χ2n) is 5.48. The summed E-state index contributed by atoms with van der Waals surface area (Å²) in [6.07, 6.45) is 0.853. The molecule has 2 amide bonds. The van der Waals surface area contributed by atoms with Crippen LogP contribution in [0.4, 0.5) is 4.79 Å². The van der Waals surface area contributed by atoms with Crippen LogP contribution in [0, 0.1) is 5.92 Å². The Balaban J connectivity index is 2.46. The van der Waals surface area contributed by atoms with Crippen LogP contribution in [0.2, 0.25) is 0 Å². The first-order chi connectivity index (χ1) is 11.9. The van der Waals surface area contributed by atoms with Crippen molar-refractivity contribution in [1.29, 1.82) is 0 Å². The van der Waals surface area contributed by atoms with Gasteiger partial charge in [0.25, 0.3) is 0 Å². The maximum absolute atomic E-state index is 12.2. The molecule has 0 radical (unpaired) electrons. The number of carbonyl (C=O) groups is 2. The minimum Gasteiger partial charge on any atom is -0.493 e. The van der Waals surface area contributed by atoms with Gasteiger partial charge in [-0.05, 0) is 40.0 Å². The average molecular weight is 413 g/mol. The lowest BCUT2D eigenvalue weighted by atomic mass is 9.89. The van der Waals surface area contributed by atoms with Gasteiger partial charge in [-0.1, -0.05) is 13.5 Å². The molecule has 0 aliphatic carbocycles. The van der Waals surface area contributed by atoms with Gasteiger partial charge in [-0.25, -0.2) is 4.79 Å². The number of hydrogen-bond acceptors (Lipinski definition) is 5. The minimum atomic E-state index is -0.762. The third-order valence-electron chi connectivity index (χ3n) is 3.79. The first-order valence-corrected chi connectivity index (χ1v) is 8.56. The van der Waals surface area contributed by atoms with Crippen molar-refractivity contribution in [3.05, 3.63) is 34.4 Å². The average Bonchev–Trinajstić information content (AvgIpc) is 2.58. The smallest absolute Gasteiger partial charge is 0.319 e. The molecular formula is C17H21BrN2O5. The van der Waals surface area contributed by atoms with Crippen molar-refractivity contribution in [2.75, 3.05) is 20.8 Å². The Morgan fingerprint density at radius 2 is 2.08 bits per heavy atom. The third kappa shape index (κ3) is 4.07. The molecule has 1 fully saturated rings. The van der Waals surface area contributed by atoms with Gasteiger partial charge in [0, 0.05) is 5.70 Å². The lowest BCUT2D eigenvalue weighted by Gasteiger charge is -2.33. The predicted octanol–water partition coefficient (Wildman–Crippen LogP) is 2.90. The van der Waals surface area contributed by atoms with Crippen LogP contribution < -0.4 is 20.1 Å². The fourth-order valence-electron chi connectivity index (χ4n) is 2.63. The predicted molar refractivity (Wildman–Crippen MR) is 95.5 cm³/mol. The van der Waals surface area contributed by atoms with E-state index in [2.05, 4.69) is 33.1 Å². The first-order valence-electron chi connectivity index (χ1n) is 7.77. The molecule has 1 heterocycles. The number of esters is 1. The summed E-state index contributed by atoms with van der Waals surface area (Å²) in [6.45, 7) is 6.32. The molecular weight excluding hydrogens is 392 g/mol. The Kier molecular flexibility index (Phi) is 6.30. The number of ether oxygens (including phenoxy) is 3. The summed E-state index contributed by atoms with van der Waals surface area (Å²) in [5, 5.41) is 5.25. The zero-order valence-electron chi connectivity index (χ0n) is 14.3. The van der Waals surface area contributed by atoms with Gasteiger partial charge < -0.3 is 24.8 Å². The highest BCUT2D eigenvalue weighted by Crippen LogP contribution is 2.41. The van der Waals surface area contributed by atoms with Crippen molar-refractivity contribution < 1.29 is 23.8 Å². The van der Waals surface area contributed by atoms with Gasteiger partial charge in [0.15, 0.2) is 11.5 Å². The minimum absolute atomic E-state index is 0.280. The molecule has 0 spiro atoms. The maximum Gasteiger partial charge on any atom is 0.319 e. The summed E-state index contributed by atoms with van der Waals surface area (Å²) in [7, 11) is 2.82. The molecule has 25 heavy (non-hydrogen) atoms. The van der Waals surface area contributed by atoms with E-state index in [9.17, 15) is 9.59 Å². The van der Waals surface area contributed by atoms with Crippen LogP contribution in [0.25, 0.3) is 0 Å². The summed E-state index contributed by atoms with van der Waals surface area (Å²) in [5.41, 5.74) is 0.945. The topological polar surface area (TPSA) is 85.9 Å². The van der Waals surface area contributed by atoms with E-state index in [1.54, 1.807) is 12.1 Å². The molecule has 0 unspecified atom stereocenters. The normalized spacial score (nSPS) is 19.7. The van der Waals surface area contributed by atoms with Gasteiger partial charge in [0.2, 0.25) is 0 Å². The highest BCUT2D eigenvalue weighted by atomic mass is 79.9. The van der Waals surface area contributed by atoms with Crippen molar-refractivity contribution in [3.63, 3.8) is 0 Å². The molecule has 7 nitrogen and oxygen atoms in total. The number of carbonyl (C=O) groups excluding carboxylic acids is 2. The van der Waals surface area contributed by atoms with Gasteiger partial charge in [-0.3, -0.25) is 4.79 Å². The standard InChI is InChI=1S/C17H21BrN2O5/c1-5-6-25-15-11(18)7-10(8-12(15)23-3)14-13(16(21)24-4)9(2)19-17(22)20-14/h7-8,13-14H,2,5-6H2,1,3-4H3,(H2,19,20,22)/t13-,14-/m0/s1. The number of amides is 2. The fourth-order valence-corrected chi connectivity index (χ4v) is 3.20. The second kappa shape index (κ2) is 8.24. The first kappa shape index (κ1) is 19.1. The molecule has 1 aliphatic heterocycles. The van der Waals surface area contributed by atoms with Gasteiger partial charge in [0.05, 0.1) is 31.3 Å². The molecule has 136 valence electrons. The molecule has 2 atom stereocenters. The Bertz CT molecular complexity index is 692. The van der Waals surface area contributed by atoms with Gasteiger partial charge >= 0.3 is 12.0 Å². The van der Waals surface area contributed by atoms with Crippen molar-refractivity contribution in [2.24, 2.45) is 5.92 Å². The second-order valence-corrected chi connectivity index (χ2v) is 6.34. The molecule has 1 saturated heterocycles. The van der Waals surface area contributed by atoms with Crippen LogP contribution in [-0.4, -0.2) is 32.8 Å². The van der Waals surface area contributed by atoms with Crippen LogP contribution in [0.5, 0.6) is 11.5 Å². The number of nitrogens with one attached hydrogen (secondary N) is 2. The summed E-state index contributed by atoms with van der Waals surface area (Å²) in [4.78, 5) is 24.0. The molecule has 2 rings (SSSR count). The SMILES string of the molecule is C=C1NC(=O)N[C@@H](c2cc(Br)c(OCCC)c(OC)c2)[C@H]1C(=O)OC. The molecule has 1 aromatic carbocycles. The number of rotatable bonds is 6. The van der Waals surface area contributed by atoms with Crippen molar-refractivity contribution in [1.82, 2.24) is 10.6 Å². The summed E-state index contributed by atoms with van der Waals surface area (Å²) < 4.78 is 16.6. The van der Waals surface area contributed by atoms with Crippen LogP contribution in [0.15, 0.2) is 28.9 Å². The van der Waals surface area contributed by atoms with E-state index in [-0.39, 0.29) is 5.70 Å². The van der Waals surface area contributed by atoms with E-state index >= 15 is 0 Å². The van der Waals surface area contributed by atoms with Crippen LogP contribution in [-0.2, 0) is 9.53 Å². The zero-order chi connectivity index (χ0) is 18.6. The van der Waals surface area contributed by atoms with Gasteiger partial charge in [-0.15, -0.1) is 0 Å². The van der Waals surface area contributed by atoms with Crippen LogP contribution in [0.3, 0.4) is 0 Å². The van der Waals surface area contributed by atoms with E-state index in [0.29, 0.717) is 28.1 Å². The summed E-state index contributed by atoms with van der Waals surface area (Å²) in [5.74, 6) is -0.188. The maximum atomic E-state index is 12.2. The van der Waals surface area contributed by atoms with Gasteiger partial charge in [-0.2, -0.15) is 0 Å². The van der Waals surface area contributed by atoms with E-state index in [1.807, 2.05) is 6.92 Å². The van der Waals surface area contributed by atoms with E-state index in [4.69, 9.17) is 14.2 Å². The Hall–Kier alpha value is -2.22. The van der Waals surface area contributed by atoms with E-state index < -0.39 is 24.0 Å². The molecule has 1 aliphatic rings. The monoisotopic (exact) mass is 412 g/mol. The largest absolute Gasteiger partial charge is 0.493 e. The Labute approximate surface area is 154 Å². The summed E-state index contributed by atoms with van der Waals surface area (Å²) in [6, 6.07) is 2.44. The molecule has 0 saturated carbocycles. The Morgan fingerprint density at radius 3 is 2.68 bits per heavy atom. The number of halogens is 1.